The average Bonchev–Trinajstić information content (AvgIpc) is 3.17. The van der Waals surface area contributed by atoms with Gasteiger partial charge in [-0.3, -0.25) is 18.7 Å². The number of ether oxygens (including phenoxy) is 1. The van der Waals surface area contributed by atoms with E-state index in [-0.39, 0.29) is 29.5 Å². The van der Waals surface area contributed by atoms with Crippen LogP contribution >= 0.6 is 11.8 Å². The highest BCUT2D eigenvalue weighted by Crippen LogP contribution is 2.23. The Bertz CT molecular complexity index is 1310. The summed E-state index contributed by atoms with van der Waals surface area (Å²) in [6.45, 7) is 4.51. The molecule has 0 aliphatic carbocycles. The van der Waals surface area contributed by atoms with Gasteiger partial charge < -0.3 is 14.6 Å². The Hall–Kier alpha value is -3.34. The molecule has 0 fully saturated rings. The zero-order chi connectivity index (χ0) is 24.1. The van der Waals surface area contributed by atoms with Crippen LogP contribution in [0, 0.1) is 0 Å². The Kier molecular flexibility index (Phi) is 7.75. The summed E-state index contributed by atoms with van der Waals surface area (Å²) in [4.78, 5) is 54.4. The monoisotopic (exact) mass is 473 g/mol. The van der Waals surface area contributed by atoms with Crippen LogP contribution in [0.2, 0.25) is 0 Å². The van der Waals surface area contributed by atoms with Crippen LogP contribution in [0.4, 0.5) is 5.69 Å². The number of aromatic nitrogens is 4. The summed E-state index contributed by atoms with van der Waals surface area (Å²) in [5.74, 6) is -0.854. The fourth-order valence-corrected chi connectivity index (χ4v) is 4.18. The van der Waals surface area contributed by atoms with Gasteiger partial charge in [-0.2, -0.15) is 0 Å². The van der Waals surface area contributed by atoms with Gasteiger partial charge in [0.05, 0.1) is 23.6 Å². The molecule has 11 heteroatoms. The minimum Gasteiger partial charge on any atom is -0.462 e. The molecule has 0 saturated carbocycles. The molecule has 33 heavy (non-hydrogen) atoms. The molecule has 3 aromatic rings. The maximum atomic E-state index is 12.8. The molecule has 176 valence electrons. The highest BCUT2D eigenvalue weighted by atomic mass is 32.2. The zero-order valence-electron chi connectivity index (χ0n) is 19.1. The second-order valence-electron chi connectivity index (χ2n) is 7.38. The summed E-state index contributed by atoms with van der Waals surface area (Å²) >= 11 is 1.16. The smallest absolute Gasteiger partial charge is 0.340 e. The number of imidazole rings is 1. The van der Waals surface area contributed by atoms with E-state index in [4.69, 9.17) is 4.74 Å². The number of rotatable bonds is 9. The van der Waals surface area contributed by atoms with E-state index in [0.717, 1.165) is 29.2 Å². The van der Waals surface area contributed by atoms with E-state index in [0.29, 0.717) is 22.9 Å². The van der Waals surface area contributed by atoms with Gasteiger partial charge in [-0.15, -0.1) is 0 Å². The minimum absolute atomic E-state index is 0.000862. The van der Waals surface area contributed by atoms with E-state index < -0.39 is 17.2 Å². The first-order valence-corrected chi connectivity index (χ1v) is 11.6. The van der Waals surface area contributed by atoms with E-state index in [1.165, 1.54) is 11.6 Å². The first-order valence-electron chi connectivity index (χ1n) is 10.6. The SMILES string of the molecule is CCCCn1c(SCC(=O)Nc2ccccc2C(=O)OCC)nc2c1c(=O)n(C)c(=O)n2C. The average molecular weight is 474 g/mol. The summed E-state index contributed by atoms with van der Waals surface area (Å²) < 4.78 is 9.20. The molecule has 10 nitrogen and oxygen atoms in total. The zero-order valence-corrected chi connectivity index (χ0v) is 19.9. The Morgan fingerprint density at radius 3 is 2.55 bits per heavy atom. The van der Waals surface area contributed by atoms with Crippen molar-refractivity contribution in [3.8, 4) is 0 Å². The van der Waals surface area contributed by atoms with Gasteiger partial charge in [0.25, 0.3) is 5.56 Å². The highest BCUT2D eigenvalue weighted by molar-refractivity contribution is 7.99. The van der Waals surface area contributed by atoms with Crippen LogP contribution in [0.15, 0.2) is 39.0 Å². The number of amides is 1. The van der Waals surface area contributed by atoms with Crippen molar-refractivity contribution in [2.45, 2.75) is 38.4 Å². The van der Waals surface area contributed by atoms with Gasteiger partial charge in [-0.25, -0.2) is 14.6 Å². The van der Waals surface area contributed by atoms with Gasteiger partial charge in [0.2, 0.25) is 5.91 Å². The predicted molar refractivity (Wildman–Crippen MR) is 127 cm³/mol. The van der Waals surface area contributed by atoms with Crippen molar-refractivity contribution in [1.29, 1.82) is 0 Å². The lowest BCUT2D eigenvalue weighted by Gasteiger charge is -2.11. The normalized spacial score (nSPS) is 11.0. The Morgan fingerprint density at radius 2 is 1.85 bits per heavy atom. The molecule has 2 aromatic heterocycles. The number of carbonyl (C=O) groups excluding carboxylic acids is 2. The fraction of sp³-hybridized carbons (Fsp3) is 0.409. The first-order chi connectivity index (χ1) is 15.8. The number of carbonyl (C=O) groups is 2. The number of esters is 1. The van der Waals surface area contributed by atoms with E-state index in [1.807, 2.05) is 6.92 Å². The molecule has 1 amide bonds. The van der Waals surface area contributed by atoms with Gasteiger partial charge in [0, 0.05) is 20.6 Å². The number of aryl methyl sites for hydroxylation is 2. The molecule has 1 N–H and O–H groups in total. The fourth-order valence-electron chi connectivity index (χ4n) is 3.36. The number of nitrogens with zero attached hydrogens (tertiary/aromatic N) is 4. The molecule has 0 spiro atoms. The van der Waals surface area contributed by atoms with Crippen molar-refractivity contribution in [3.05, 3.63) is 50.7 Å². The predicted octanol–water partition coefficient (Wildman–Crippen LogP) is 2.14. The van der Waals surface area contributed by atoms with Crippen molar-refractivity contribution in [3.63, 3.8) is 0 Å². The number of benzene rings is 1. The topological polar surface area (TPSA) is 117 Å². The van der Waals surface area contributed by atoms with Crippen molar-refractivity contribution in [2.75, 3.05) is 17.7 Å². The highest BCUT2D eigenvalue weighted by Gasteiger charge is 2.20. The van der Waals surface area contributed by atoms with E-state index in [1.54, 1.807) is 42.8 Å². The van der Waals surface area contributed by atoms with Crippen LogP contribution in [0.25, 0.3) is 11.2 Å². The lowest BCUT2D eigenvalue weighted by molar-refractivity contribution is -0.113. The van der Waals surface area contributed by atoms with Crippen molar-refractivity contribution >= 4 is 40.5 Å². The molecule has 3 rings (SSSR count). The summed E-state index contributed by atoms with van der Waals surface area (Å²) in [5.41, 5.74) is 0.371. The van der Waals surface area contributed by atoms with Crippen molar-refractivity contribution in [1.82, 2.24) is 18.7 Å². The second kappa shape index (κ2) is 10.5. The number of hydrogen-bond donors (Lipinski definition) is 1. The Morgan fingerprint density at radius 1 is 1.12 bits per heavy atom. The quantitative estimate of drug-likeness (QED) is 0.374. The van der Waals surface area contributed by atoms with Gasteiger partial charge >= 0.3 is 11.7 Å². The summed E-state index contributed by atoms with van der Waals surface area (Å²) in [6.07, 6.45) is 1.71. The van der Waals surface area contributed by atoms with Gasteiger partial charge in [-0.05, 0) is 25.5 Å². The largest absolute Gasteiger partial charge is 0.462 e. The maximum Gasteiger partial charge on any atom is 0.340 e. The van der Waals surface area contributed by atoms with Gasteiger partial charge in [0.15, 0.2) is 16.3 Å². The molecule has 0 unspecified atom stereocenters. The molecule has 2 heterocycles. The molecular weight excluding hydrogens is 446 g/mol. The lowest BCUT2D eigenvalue weighted by Crippen LogP contribution is -2.37. The van der Waals surface area contributed by atoms with Gasteiger partial charge in [-0.1, -0.05) is 37.2 Å². The maximum absolute atomic E-state index is 12.8. The summed E-state index contributed by atoms with van der Waals surface area (Å²) in [6, 6.07) is 6.62. The number of unbranched alkanes of at least 4 members (excludes halogenated alkanes) is 1. The van der Waals surface area contributed by atoms with Crippen LogP contribution < -0.4 is 16.6 Å². The molecule has 0 saturated heterocycles. The molecule has 0 bridgehead atoms. The number of fused-ring (bicyclic) bond motifs is 1. The van der Waals surface area contributed by atoms with Crippen LogP contribution in [0.5, 0.6) is 0 Å². The first kappa shape index (κ1) is 24.3. The third-order valence-corrected chi connectivity index (χ3v) is 6.05. The summed E-state index contributed by atoms with van der Waals surface area (Å²) in [7, 11) is 3.00. The molecule has 0 aliphatic heterocycles. The van der Waals surface area contributed by atoms with Crippen LogP contribution in [0.1, 0.15) is 37.0 Å². The van der Waals surface area contributed by atoms with E-state index in [2.05, 4.69) is 10.3 Å². The number of thioether (sulfide) groups is 1. The standard InChI is InChI=1S/C22H27N5O5S/c1-5-7-12-27-17-18(25(3)22(31)26(4)19(17)29)24-21(27)33-13-16(28)23-15-11-9-8-10-14(15)20(30)32-6-2/h8-11H,5-7,12-13H2,1-4H3,(H,23,28). The molecule has 0 radical (unpaired) electrons. The van der Waals surface area contributed by atoms with Crippen LogP contribution in [0.3, 0.4) is 0 Å². The van der Waals surface area contributed by atoms with Crippen LogP contribution in [-0.2, 0) is 30.2 Å². The number of anilines is 1. The lowest BCUT2D eigenvalue weighted by atomic mass is 10.2. The molecule has 0 aliphatic rings. The summed E-state index contributed by atoms with van der Waals surface area (Å²) in [5, 5.41) is 3.22. The van der Waals surface area contributed by atoms with Crippen molar-refractivity contribution in [2.24, 2.45) is 14.1 Å². The number of nitrogens with one attached hydrogen (secondary N) is 1. The second-order valence-corrected chi connectivity index (χ2v) is 8.32. The third-order valence-electron chi connectivity index (χ3n) is 5.08. The van der Waals surface area contributed by atoms with Crippen molar-refractivity contribution < 1.29 is 14.3 Å². The third kappa shape index (κ3) is 5.03. The van der Waals surface area contributed by atoms with E-state index in [9.17, 15) is 19.2 Å². The van der Waals surface area contributed by atoms with Crippen LogP contribution in [-0.4, -0.2) is 42.9 Å². The number of para-hydroxylation sites is 1. The van der Waals surface area contributed by atoms with E-state index >= 15 is 0 Å². The molecular formula is C22H27N5O5S. The minimum atomic E-state index is -0.515. The Balaban J connectivity index is 1.87. The Labute approximate surface area is 194 Å². The van der Waals surface area contributed by atoms with Gasteiger partial charge in [0.1, 0.15) is 0 Å². The number of hydrogen-bond acceptors (Lipinski definition) is 7. The molecule has 1 aromatic carbocycles. The molecule has 0 atom stereocenters.